The molecule has 1 aromatic heterocycles. The molecule has 2 rings (SSSR count). The van der Waals surface area contributed by atoms with Crippen LogP contribution in [0, 0.1) is 5.82 Å². The second-order valence-electron chi connectivity index (χ2n) is 3.04. The van der Waals surface area contributed by atoms with Crippen molar-refractivity contribution < 1.29 is 18.4 Å². The van der Waals surface area contributed by atoms with Crippen LogP contribution in [0.25, 0.3) is 0 Å². The number of carbonyl (C=O) groups is 1. The Morgan fingerprint density at radius 1 is 1.44 bits per heavy atom. The van der Waals surface area contributed by atoms with Gasteiger partial charge >= 0.3 is 0 Å². The van der Waals surface area contributed by atoms with E-state index in [1.54, 1.807) is 6.07 Å². The summed E-state index contributed by atoms with van der Waals surface area (Å²) in [6.45, 7) is 0.0295. The smallest absolute Gasteiger partial charge is 0.174 e. The normalized spacial score (nSPS) is 10.1. The van der Waals surface area contributed by atoms with Gasteiger partial charge in [-0.05, 0) is 12.1 Å². The van der Waals surface area contributed by atoms with E-state index in [4.69, 9.17) is 9.26 Å². The molecule has 0 atom stereocenters. The van der Waals surface area contributed by atoms with Crippen molar-refractivity contribution in [2.75, 3.05) is 0 Å². The van der Waals surface area contributed by atoms with Crippen molar-refractivity contribution in [3.63, 3.8) is 0 Å². The van der Waals surface area contributed by atoms with Crippen molar-refractivity contribution in [1.29, 1.82) is 0 Å². The van der Waals surface area contributed by atoms with Gasteiger partial charge < -0.3 is 9.26 Å². The number of hydrogen-bond donors (Lipinski definition) is 0. The molecule has 82 valence electrons. The minimum absolute atomic E-state index is 0.0295. The van der Waals surface area contributed by atoms with Crippen LogP contribution < -0.4 is 4.74 Å². The van der Waals surface area contributed by atoms with E-state index in [0.717, 1.165) is 0 Å². The summed E-state index contributed by atoms with van der Waals surface area (Å²) < 4.78 is 23.3. The summed E-state index contributed by atoms with van der Waals surface area (Å²) in [6, 6.07) is 5.75. The van der Waals surface area contributed by atoms with E-state index >= 15 is 0 Å². The number of halogens is 1. The molecule has 4 nitrogen and oxygen atoms in total. The van der Waals surface area contributed by atoms with Gasteiger partial charge in [0.25, 0.3) is 0 Å². The fourth-order valence-corrected chi connectivity index (χ4v) is 1.23. The van der Waals surface area contributed by atoms with Gasteiger partial charge in [0.05, 0.1) is 11.8 Å². The fraction of sp³-hybridized carbons (Fsp3) is 0.0909. The molecule has 16 heavy (non-hydrogen) atoms. The van der Waals surface area contributed by atoms with Crippen LogP contribution in [0.1, 0.15) is 16.1 Å². The Hall–Kier alpha value is -2.17. The molecule has 0 amide bonds. The lowest BCUT2D eigenvalue weighted by Gasteiger charge is -2.06. The number of aldehydes is 1. The van der Waals surface area contributed by atoms with E-state index in [9.17, 15) is 9.18 Å². The molecule has 5 heteroatoms. The third kappa shape index (κ3) is 2.08. The van der Waals surface area contributed by atoms with Crippen LogP contribution in [0.2, 0.25) is 0 Å². The largest absolute Gasteiger partial charge is 0.482 e. The molecule has 0 N–H and O–H groups in total. The van der Waals surface area contributed by atoms with E-state index in [2.05, 4.69) is 5.16 Å². The first-order valence-electron chi connectivity index (χ1n) is 4.57. The average Bonchev–Trinajstić information content (AvgIpc) is 2.80. The monoisotopic (exact) mass is 221 g/mol. The van der Waals surface area contributed by atoms with Crippen molar-refractivity contribution in [1.82, 2.24) is 5.16 Å². The standard InChI is InChI=1S/C11H8FNO3/c12-10-3-1-2-8(6-14)11(10)15-7-9-4-5-13-16-9/h1-6H,7H2. The zero-order chi connectivity index (χ0) is 11.4. The van der Waals surface area contributed by atoms with Gasteiger partial charge in [-0.15, -0.1) is 0 Å². The first-order valence-corrected chi connectivity index (χ1v) is 4.57. The van der Waals surface area contributed by atoms with Crippen LogP contribution in [-0.4, -0.2) is 11.4 Å². The molecule has 1 heterocycles. The van der Waals surface area contributed by atoms with Gasteiger partial charge in [0.1, 0.15) is 6.61 Å². The maximum atomic E-state index is 13.3. The SMILES string of the molecule is O=Cc1cccc(F)c1OCc1ccno1. The maximum Gasteiger partial charge on any atom is 0.174 e. The van der Waals surface area contributed by atoms with Gasteiger partial charge in [0, 0.05) is 6.07 Å². The summed E-state index contributed by atoms with van der Waals surface area (Å²) in [4.78, 5) is 10.7. The van der Waals surface area contributed by atoms with E-state index < -0.39 is 5.82 Å². The molecule has 1 aromatic carbocycles. The van der Waals surface area contributed by atoms with Crippen molar-refractivity contribution in [3.8, 4) is 5.75 Å². The molecule has 0 saturated heterocycles. The summed E-state index contributed by atoms with van der Waals surface area (Å²) in [5.74, 6) is -0.196. The van der Waals surface area contributed by atoms with Crippen LogP contribution in [0.5, 0.6) is 5.75 Å². The number of para-hydroxylation sites is 1. The third-order valence-corrected chi connectivity index (χ3v) is 1.97. The number of ether oxygens (including phenoxy) is 1. The van der Waals surface area contributed by atoms with Gasteiger partial charge in [-0.3, -0.25) is 4.79 Å². The summed E-state index contributed by atoms with van der Waals surface area (Å²) in [5, 5.41) is 3.48. The highest BCUT2D eigenvalue weighted by Crippen LogP contribution is 2.22. The summed E-state index contributed by atoms with van der Waals surface area (Å²) in [6.07, 6.45) is 2.00. The first kappa shape index (κ1) is 10.4. The van der Waals surface area contributed by atoms with Crippen molar-refractivity contribution in [3.05, 3.63) is 47.6 Å². The minimum Gasteiger partial charge on any atom is -0.482 e. The zero-order valence-electron chi connectivity index (χ0n) is 8.22. The Balaban J connectivity index is 2.17. The molecule has 0 radical (unpaired) electrons. The number of aromatic nitrogens is 1. The van der Waals surface area contributed by atoms with Crippen LogP contribution in [-0.2, 0) is 6.61 Å². The molecule has 0 bridgehead atoms. The summed E-state index contributed by atoms with van der Waals surface area (Å²) >= 11 is 0. The number of nitrogens with zero attached hydrogens (tertiary/aromatic N) is 1. The fourth-order valence-electron chi connectivity index (χ4n) is 1.23. The summed E-state index contributed by atoms with van der Waals surface area (Å²) in [5.41, 5.74) is 0.166. The van der Waals surface area contributed by atoms with Crippen molar-refractivity contribution in [2.24, 2.45) is 0 Å². The topological polar surface area (TPSA) is 52.3 Å². The molecule has 0 aliphatic heterocycles. The van der Waals surface area contributed by atoms with E-state index in [1.165, 1.54) is 24.4 Å². The molecule has 0 aliphatic rings. The highest BCUT2D eigenvalue weighted by atomic mass is 19.1. The first-order chi connectivity index (χ1) is 7.81. The number of hydrogen-bond acceptors (Lipinski definition) is 4. The molecule has 0 saturated carbocycles. The van der Waals surface area contributed by atoms with E-state index in [-0.39, 0.29) is 17.9 Å². The van der Waals surface area contributed by atoms with Gasteiger partial charge in [0.2, 0.25) is 0 Å². The Morgan fingerprint density at radius 3 is 3.00 bits per heavy atom. The van der Waals surface area contributed by atoms with Gasteiger partial charge in [-0.25, -0.2) is 4.39 Å². The lowest BCUT2D eigenvalue weighted by molar-refractivity contribution is 0.111. The van der Waals surface area contributed by atoms with Crippen LogP contribution in [0.15, 0.2) is 35.0 Å². The predicted molar refractivity (Wildman–Crippen MR) is 52.6 cm³/mol. The lowest BCUT2D eigenvalue weighted by Crippen LogP contribution is -1.99. The van der Waals surface area contributed by atoms with Crippen LogP contribution in [0.3, 0.4) is 0 Å². The molecule has 0 unspecified atom stereocenters. The molecule has 0 aliphatic carbocycles. The van der Waals surface area contributed by atoms with Gasteiger partial charge in [0.15, 0.2) is 23.6 Å². The predicted octanol–water partition coefficient (Wildman–Crippen LogP) is 2.21. The quantitative estimate of drug-likeness (QED) is 0.742. The third-order valence-electron chi connectivity index (χ3n) is 1.97. The van der Waals surface area contributed by atoms with Crippen molar-refractivity contribution in [2.45, 2.75) is 6.61 Å². The van der Waals surface area contributed by atoms with Crippen molar-refractivity contribution >= 4 is 6.29 Å². The van der Waals surface area contributed by atoms with Gasteiger partial charge in [-0.2, -0.15) is 0 Å². The Bertz CT molecular complexity index is 482. The number of carbonyl (C=O) groups excluding carboxylic acids is 1. The van der Waals surface area contributed by atoms with E-state index in [0.29, 0.717) is 12.0 Å². The average molecular weight is 221 g/mol. The molecule has 0 spiro atoms. The number of benzene rings is 1. The number of rotatable bonds is 4. The van der Waals surface area contributed by atoms with Gasteiger partial charge in [-0.1, -0.05) is 11.2 Å². The highest BCUT2D eigenvalue weighted by molar-refractivity contribution is 5.79. The molecule has 0 fully saturated rings. The molecular weight excluding hydrogens is 213 g/mol. The summed E-state index contributed by atoms with van der Waals surface area (Å²) in [7, 11) is 0. The Kier molecular flexibility index (Phi) is 2.95. The Labute approximate surface area is 90.6 Å². The maximum absolute atomic E-state index is 13.3. The molecular formula is C11H8FNO3. The zero-order valence-corrected chi connectivity index (χ0v) is 8.22. The van der Waals surface area contributed by atoms with Crippen LogP contribution in [0.4, 0.5) is 4.39 Å². The second-order valence-corrected chi connectivity index (χ2v) is 3.04. The van der Waals surface area contributed by atoms with Crippen LogP contribution >= 0.6 is 0 Å². The highest BCUT2D eigenvalue weighted by Gasteiger charge is 2.10. The lowest BCUT2D eigenvalue weighted by atomic mass is 10.2. The Morgan fingerprint density at radius 2 is 2.31 bits per heavy atom. The molecule has 2 aromatic rings. The minimum atomic E-state index is -0.580. The van der Waals surface area contributed by atoms with E-state index in [1.807, 2.05) is 0 Å². The second kappa shape index (κ2) is 4.57.